The minimum atomic E-state index is -0.288. The zero-order valence-electron chi connectivity index (χ0n) is 9.15. The van der Waals surface area contributed by atoms with Crippen LogP contribution in [-0.4, -0.2) is 19.0 Å². The number of aliphatic imine (C=N–C) groups is 1. The molecule has 1 saturated carbocycles. The van der Waals surface area contributed by atoms with E-state index in [9.17, 15) is 4.39 Å². The van der Waals surface area contributed by atoms with Gasteiger partial charge < -0.3 is 4.90 Å². The molecule has 86 valence electrons. The van der Waals surface area contributed by atoms with Crippen LogP contribution in [0.25, 0.3) is 0 Å². The molecule has 0 bridgehead atoms. The molecule has 16 heavy (non-hydrogen) atoms. The molecule has 0 radical (unpaired) electrons. The van der Waals surface area contributed by atoms with Gasteiger partial charge >= 0.3 is 0 Å². The van der Waals surface area contributed by atoms with Crippen molar-refractivity contribution >= 4 is 11.6 Å². The molecule has 1 aliphatic rings. The number of rotatable bonds is 2. The molecule has 1 aromatic rings. The smallest absolute Gasteiger partial charge is 0.213 e. The van der Waals surface area contributed by atoms with Crippen LogP contribution < -0.4 is 16.2 Å². The predicted molar refractivity (Wildman–Crippen MR) is 62.6 cm³/mol. The van der Waals surface area contributed by atoms with Gasteiger partial charge in [0, 0.05) is 7.05 Å². The number of hydrazine groups is 1. The van der Waals surface area contributed by atoms with Gasteiger partial charge in [-0.2, -0.15) is 0 Å². The van der Waals surface area contributed by atoms with E-state index in [4.69, 9.17) is 5.84 Å². The van der Waals surface area contributed by atoms with E-state index < -0.39 is 0 Å². The average Bonchev–Trinajstić information content (AvgIpc) is 3.09. The van der Waals surface area contributed by atoms with Crippen LogP contribution in [0.5, 0.6) is 0 Å². The molecule has 1 aromatic carbocycles. The first-order valence-corrected chi connectivity index (χ1v) is 5.25. The van der Waals surface area contributed by atoms with E-state index in [2.05, 4.69) is 10.4 Å². The Kier molecular flexibility index (Phi) is 3.05. The van der Waals surface area contributed by atoms with Crippen LogP contribution in [0.2, 0.25) is 0 Å². The number of halogens is 1. The second-order valence-corrected chi connectivity index (χ2v) is 3.84. The van der Waals surface area contributed by atoms with Crippen molar-refractivity contribution in [1.29, 1.82) is 0 Å². The maximum atomic E-state index is 13.5. The third-order valence-electron chi connectivity index (χ3n) is 2.51. The van der Waals surface area contributed by atoms with Gasteiger partial charge in [-0.3, -0.25) is 5.43 Å². The summed E-state index contributed by atoms with van der Waals surface area (Å²) in [7, 11) is 1.74. The van der Waals surface area contributed by atoms with Crippen molar-refractivity contribution in [2.45, 2.75) is 18.9 Å². The van der Waals surface area contributed by atoms with Gasteiger partial charge in [0.05, 0.1) is 11.7 Å². The minimum absolute atomic E-state index is 0.288. The number of para-hydroxylation sites is 1. The van der Waals surface area contributed by atoms with Crippen LogP contribution in [-0.2, 0) is 0 Å². The Morgan fingerprint density at radius 1 is 1.50 bits per heavy atom. The van der Waals surface area contributed by atoms with E-state index in [0.717, 1.165) is 12.8 Å². The highest BCUT2D eigenvalue weighted by atomic mass is 19.1. The highest BCUT2D eigenvalue weighted by Crippen LogP contribution is 2.24. The summed E-state index contributed by atoms with van der Waals surface area (Å²) in [6.45, 7) is 0. The quantitative estimate of drug-likeness (QED) is 0.342. The van der Waals surface area contributed by atoms with Crippen molar-refractivity contribution in [2.75, 3.05) is 11.9 Å². The monoisotopic (exact) mass is 222 g/mol. The predicted octanol–water partition coefficient (Wildman–Crippen LogP) is 1.24. The molecule has 0 heterocycles. The summed E-state index contributed by atoms with van der Waals surface area (Å²) in [6, 6.07) is 6.87. The van der Waals surface area contributed by atoms with E-state index >= 15 is 0 Å². The molecule has 0 amide bonds. The van der Waals surface area contributed by atoms with Gasteiger partial charge in [0.2, 0.25) is 5.96 Å². The number of hydrogen-bond donors (Lipinski definition) is 2. The maximum absolute atomic E-state index is 13.5. The highest BCUT2D eigenvalue weighted by Gasteiger charge is 2.22. The first kappa shape index (κ1) is 10.9. The summed E-state index contributed by atoms with van der Waals surface area (Å²) in [5.74, 6) is 5.60. The molecular formula is C11H15FN4. The third-order valence-corrected chi connectivity index (χ3v) is 2.51. The van der Waals surface area contributed by atoms with Gasteiger partial charge in [-0.05, 0) is 25.0 Å². The zero-order chi connectivity index (χ0) is 11.5. The molecule has 4 nitrogen and oxygen atoms in total. The fraction of sp³-hybridized carbons (Fsp3) is 0.364. The van der Waals surface area contributed by atoms with Crippen LogP contribution in [0, 0.1) is 5.82 Å². The fourth-order valence-corrected chi connectivity index (χ4v) is 1.44. The third kappa shape index (κ3) is 2.30. The second kappa shape index (κ2) is 4.49. The molecule has 0 aliphatic heterocycles. The van der Waals surface area contributed by atoms with Crippen molar-refractivity contribution in [3.63, 3.8) is 0 Å². The van der Waals surface area contributed by atoms with Crippen LogP contribution in [0.15, 0.2) is 29.3 Å². The standard InChI is InChI=1S/C11H15FN4/c1-16(10-5-3-2-4-9(10)12)11(15-13)14-8-6-7-8/h2-5,8H,6-7,13H2,1H3,(H,14,15). The molecule has 1 aliphatic carbocycles. The first-order chi connectivity index (χ1) is 7.72. The Labute approximate surface area is 93.9 Å². The van der Waals surface area contributed by atoms with Crippen molar-refractivity contribution in [2.24, 2.45) is 10.8 Å². The Morgan fingerprint density at radius 3 is 2.75 bits per heavy atom. The van der Waals surface area contributed by atoms with Gasteiger partial charge in [0.1, 0.15) is 5.82 Å². The Morgan fingerprint density at radius 2 is 2.19 bits per heavy atom. The molecule has 0 aromatic heterocycles. The highest BCUT2D eigenvalue weighted by molar-refractivity contribution is 5.95. The SMILES string of the molecule is CN(C(=NC1CC1)NN)c1ccccc1F. The topological polar surface area (TPSA) is 53.6 Å². The van der Waals surface area contributed by atoms with E-state index in [1.807, 2.05) is 0 Å². The van der Waals surface area contributed by atoms with Gasteiger partial charge in [-0.15, -0.1) is 0 Å². The van der Waals surface area contributed by atoms with E-state index in [1.165, 1.54) is 6.07 Å². The largest absolute Gasteiger partial charge is 0.312 e. The van der Waals surface area contributed by atoms with Crippen molar-refractivity contribution < 1.29 is 4.39 Å². The number of nitrogens with zero attached hydrogens (tertiary/aromatic N) is 2. The lowest BCUT2D eigenvalue weighted by Gasteiger charge is -2.21. The number of benzene rings is 1. The summed E-state index contributed by atoms with van der Waals surface area (Å²) in [5, 5.41) is 0. The summed E-state index contributed by atoms with van der Waals surface area (Å²) in [4.78, 5) is 5.98. The Hall–Kier alpha value is -1.62. The van der Waals surface area contributed by atoms with E-state index in [0.29, 0.717) is 17.7 Å². The molecule has 1 fully saturated rings. The lowest BCUT2D eigenvalue weighted by molar-refractivity contribution is 0.627. The van der Waals surface area contributed by atoms with Crippen molar-refractivity contribution in [1.82, 2.24) is 5.43 Å². The lowest BCUT2D eigenvalue weighted by Crippen LogP contribution is -2.43. The second-order valence-electron chi connectivity index (χ2n) is 3.84. The molecule has 5 heteroatoms. The minimum Gasteiger partial charge on any atom is -0.312 e. The molecule has 3 N–H and O–H groups in total. The first-order valence-electron chi connectivity index (χ1n) is 5.25. The normalized spacial score (nSPS) is 16.1. The summed E-state index contributed by atoms with van der Waals surface area (Å²) >= 11 is 0. The average molecular weight is 222 g/mol. The van der Waals surface area contributed by atoms with Crippen molar-refractivity contribution in [3.8, 4) is 0 Å². The van der Waals surface area contributed by atoms with E-state index in [1.54, 1.807) is 30.1 Å². The van der Waals surface area contributed by atoms with Crippen LogP contribution in [0.3, 0.4) is 0 Å². The summed E-state index contributed by atoms with van der Waals surface area (Å²) in [6.07, 6.45) is 2.16. The Balaban J connectivity index is 2.22. The molecule has 0 unspecified atom stereocenters. The number of nitrogens with one attached hydrogen (secondary N) is 1. The summed E-state index contributed by atoms with van der Waals surface area (Å²) < 4.78 is 13.5. The molecule has 0 saturated heterocycles. The molecule has 2 rings (SSSR count). The van der Waals surface area contributed by atoms with Crippen LogP contribution in [0.4, 0.5) is 10.1 Å². The molecular weight excluding hydrogens is 207 g/mol. The summed E-state index contributed by atoms with van der Waals surface area (Å²) in [5.41, 5.74) is 2.97. The van der Waals surface area contributed by atoms with E-state index in [-0.39, 0.29) is 5.82 Å². The molecule has 0 atom stereocenters. The zero-order valence-corrected chi connectivity index (χ0v) is 9.15. The maximum Gasteiger partial charge on any atom is 0.213 e. The van der Waals surface area contributed by atoms with Crippen LogP contribution >= 0.6 is 0 Å². The van der Waals surface area contributed by atoms with Crippen molar-refractivity contribution in [3.05, 3.63) is 30.1 Å². The molecule has 0 spiro atoms. The van der Waals surface area contributed by atoms with Crippen LogP contribution in [0.1, 0.15) is 12.8 Å². The van der Waals surface area contributed by atoms with Gasteiger partial charge in [0.15, 0.2) is 0 Å². The number of anilines is 1. The number of nitrogens with two attached hydrogens (primary N) is 1. The van der Waals surface area contributed by atoms with Gasteiger partial charge in [-0.1, -0.05) is 12.1 Å². The number of hydrogen-bond acceptors (Lipinski definition) is 2. The fourth-order valence-electron chi connectivity index (χ4n) is 1.44. The lowest BCUT2D eigenvalue weighted by atomic mass is 10.3. The number of guanidine groups is 1. The van der Waals surface area contributed by atoms with Gasteiger partial charge in [-0.25, -0.2) is 15.2 Å². The Bertz CT molecular complexity index is 401. The van der Waals surface area contributed by atoms with Gasteiger partial charge in [0.25, 0.3) is 0 Å².